The van der Waals surface area contributed by atoms with Crippen LogP contribution in [0.2, 0.25) is 0 Å². The third kappa shape index (κ3) is 2.57. The van der Waals surface area contributed by atoms with Gasteiger partial charge >= 0.3 is 0 Å². The van der Waals surface area contributed by atoms with Gasteiger partial charge in [-0.3, -0.25) is 0 Å². The van der Waals surface area contributed by atoms with Gasteiger partial charge in [0, 0.05) is 1.43 Å². The number of fused-ring (bicyclic) bond motifs is 2. The number of hydrogen-bond acceptors (Lipinski definition) is 1. The lowest BCUT2D eigenvalue weighted by Crippen LogP contribution is -2.24. The third-order valence-corrected chi connectivity index (χ3v) is 3.07. The van der Waals surface area contributed by atoms with Crippen molar-refractivity contribution in [2.45, 2.75) is 33.6 Å². The van der Waals surface area contributed by atoms with Crippen molar-refractivity contribution >= 4 is 0 Å². The lowest BCUT2D eigenvalue weighted by molar-refractivity contribution is 0.420. The number of nitrogens with one attached hydrogen (secondary N) is 1. The molecular weight excluding hydrogens is 158 g/mol. The summed E-state index contributed by atoms with van der Waals surface area (Å²) in [4.78, 5) is 0. The van der Waals surface area contributed by atoms with Crippen LogP contribution < -0.4 is 5.32 Å². The van der Waals surface area contributed by atoms with E-state index in [1.54, 1.807) is 0 Å². The van der Waals surface area contributed by atoms with Gasteiger partial charge in [-0.2, -0.15) is 0 Å². The van der Waals surface area contributed by atoms with E-state index in [0.717, 1.165) is 24.3 Å². The molecule has 0 heterocycles. The van der Waals surface area contributed by atoms with Crippen molar-refractivity contribution in [1.29, 1.82) is 0 Å². The van der Waals surface area contributed by atoms with Crippen LogP contribution in [0.5, 0.6) is 0 Å². The molecule has 1 heteroatoms. The Morgan fingerprint density at radius 3 is 2.54 bits per heavy atom. The Labute approximate surface area is 84.1 Å². The van der Waals surface area contributed by atoms with Gasteiger partial charge in [0.15, 0.2) is 0 Å². The molecule has 0 aromatic carbocycles. The summed E-state index contributed by atoms with van der Waals surface area (Å²) in [7, 11) is 0. The quantitative estimate of drug-likeness (QED) is 0.663. The number of rotatable bonds is 3. The topological polar surface area (TPSA) is 12.0 Å². The Kier molecular flexibility index (Phi) is 4.51. The van der Waals surface area contributed by atoms with Crippen molar-refractivity contribution in [3.8, 4) is 0 Å². The molecule has 0 aromatic rings. The van der Waals surface area contributed by atoms with Gasteiger partial charge in [-0.15, -0.1) is 0 Å². The zero-order valence-corrected chi connectivity index (χ0v) is 9.22. The minimum absolute atomic E-state index is 0. The molecule has 13 heavy (non-hydrogen) atoms. The molecule has 0 radical (unpaired) electrons. The maximum atomic E-state index is 3.44. The van der Waals surface area contributed by atoms with Crippen molar-refractivity contribution in [3.63, 3.8) is 0 Å². The van der Waals surface area contributed by atoms with Gasteiger partial charge in [0.25, 0.3) is 0 Å². The average molecular weight is 183 g/mol. The molecule has 1 N–H and O–H groups in total. The fourth-order valence-corrected chi connectivity index (χ4v) is 2.46. The first-order valence-electron chi connectivity index (χ1n) is 5.79. The monoisotopic (exact) mass is 183 g/mol. The van der Waals surface area contributed by atoms with Gasteiger partial charge < -0.3 is 5.32 Å². The molecule has 3 atom stereocenters. The van der Waals surface area contributed by atoms with Crippen molar-refractivity contribution in [2.75, 3.05) is 13.1 Å². The molecule has 0 aliphatic heterocycles. The summed E-state index contributed by atoms with van der Waals surface area (Å²) < 4.78 is 0. The zero-order chi connectivity index (χ0) is 9.68. The molecule has 0 amide bonds. The van der Waals surface area contributed by atoms with Crippen LogP contribution in [0.25, 0.3) is 0 Å². The van der Waals surface area contributed by atoms with E-state index in [1.165, 1.54) is 19.4 Å². The molecule has 2 aliphatic rings. The average Bonchev–Trinajstić information content (AvgIpc) is 2.79. The van der Waals surface area contributed by atoms with E-state index in [0.29, 0.717) is 0 Å². The Morgan fingerprint density at radius 2 is 2.08 bits per heavy atom. The van der Waals surface area contributed by atoms with E-state index in [-0.39, 0.29) is 1.43 Å². The number of allylic oxidation sites excluding steroid dienone is 2. The van der Waals surface area contributed by atoms with E-state index < -0.39 is 0 Å². The third-order valence-electron chi connectivity index (χ3n) is 3.07. The van der Waals surface area contributed by atoms with Crippen molar-refractivity contribution in [3.05, 3.63) is 12.2 Å². The van der Waals surface area contributed by atoms with E-state index in [1.807, 2.05) is 13.8 Å². The van der Waals surface area contributed by atoms with Crippen LogP contribution in [0, 0.1) is 17.8 Å². The fraction of sp³-hybridized carbons (Fsp3) is 0.833. The highest BCUT2D eigenvalue weighted by molar-refractivity contribution is 5.10. The summed E-state index contributed by atoms with van der Waals surface area (Å²) in [5.41, 5.74) is 0. The molecule has 2 aliphatic carbocycles. The summed E-state index contributed by atoms with van der Waals surface area (Å²) in [6, 6.07) is 0. The number of hydrogen-bond donors (Lipinski definition) is 1. The summed E-state index contributed by atoms with van der Waals surface area (Å²) >= 11 is 0. The predicted octanol–water partition coefficient (Wildman–Crippen LogP) is 3.08. The van der Waals surface area contributed by atoms with Crippen LogP contribution in [0.15, 0.2) is 12.2 Å². The van der Waals surface area contributed by atoms with Crippen LogP contribution >= 0.6 is 0 Å². The highest BCUT2D eigenvalue weighted by Gasteiger charge is 2.34. The standard InChI is InChI=1S/C10H17N.C2H6.H2/c1-2-11-7-10-6-8-3-4-9(10)5-8;1-2;/h3-4,8-11H,2,5-7H2,1H3;1-2H3;1H. The SMILES string of the molecule is CC.CCNCC1CC2C=CC1C2.[HH]. The van der Waals surface area contributed by atoms with E-state index in [4.69, 9.17) is 0 Å². The van der Waals surface area contributed by atoms with Gasteiger partial charge in [-0.05, 0) is 43.7 Å². The molecule has 1 saturated carbocycles. The van der Waals surface area contributed by atoms with Crippen LogP contribution in [0.1, 0.15) is 35.0 Å². The largest absolute Gasteiger partial charge is 0.317 e. The summed E-state index contributed by atoms with van der Waals surface area (Å²) in [5, 5.41) is 3.44. The summed E-state index contributed by atoms with van der Waals surface area (Å²) in [5.74, 6) is 2.80. The first kappa shape index (κ1) is 10.8. The Morgan fingerprint density at radius 1 is 1.31 bits per heavy atom. The molecule has 78 valence electrons. The van der Waals surface area contributed by atoms with E-state index in [2.05, 4.69) is 24.4 Å². The maximum Gasteiger partial charge on any atom is 0 e. The normalized spacial score (nSPS) is 34.5. The van der Waals surface area contributed by atoms with Crippen molar-refractivity contribution in [2.24, 2.45) is 17.8 Å². The fourth-order valence-electron chi connectivity index (χ4n) is 2.46. The Balaban J connectivity index is 0.000000531. The zero-order valence-electron chi connectivity index (χ0n) is 9.22. The molecule has 0 spiro atoms. The molecule has 0 aromatic heterocycles. The highest BCUT2D eigenvalue weighted by atomic mass is 14.8. The van der Waals surface area contributed by atoms with E-state index in [9.17, 15) is 0 Å². The molecule has 1 fully saturated rings. The smallest absolute Gasteiger partial charge is 0 e. The Bertz CT molecular complexity index is 168. The molecule has 3 unspecified atom stereocenters. The second-order valence-electron chi connectivity index (χ2n) is 3.85. The van der Waals surface area contributed by atoms with Gasteiger partial charge in [0.1, 0.15) is 0 Å². The minimum atomic E-state index is 0. The second kappa shape index (κ2) is 5.43. The Hall–Kier alpha value is -0.300. The second-order valence-corrected chi connectivity index (χ2v) is 3.85. The van der Waals surface area contributed by atoms with Gasteiger partial charge in [0.2, 0.25) is 0 Å². The molecule has 2 rings (SSSR count). The molecular formula is C12H25N. The van der Waals surface area contributed by atoms with Crippen molar-refractivity contribution < 1.29 is 1.43 Å². The summed E-state index contributed by atoms with van der Waals surface area (Å²) in [6.45, 7) is 8.54. The van der Waals surface area contributed by atoms with Crippen molar-refractivity contribution in [1.82, 2.24) is 5.32 Å². The van der Waals surface area contributed by atoms with Crippen LogP contribution in [0.3, 0.4) is 0 Å². The summed E-state index contributed by atoms with van der Waals surface area (Å²) in [6.07, 6.45) is 7.72. The van der Waals surface area contributed by atoms with Crippen LogP contribution in [-0.2, 0) is 0 Å². The van der Waals surface area contributed by atoms with Gasteiger partial charge in [-0.1, -0.05) is 32.9 Å². The molecule has 1 nitrogen and oxygen atoms in total. The van der Waals surface area contributed by atoms with Gasteiger partial charge in [-0.25, -0.2) is 0 Å². The van der Waals surface area contributed by atoms with Crippen LogP contribution in [0.4, 0.5) is 0 Å². The van der Waals surface area contributed by atoms with Gasteiger partial charge in [0.05, 0.1) is 0 Å². The lowest BCUT2D eigenvalue weighted by atomic mass is 9.94. The van der Waals surface area contributed by atoms with Crippen LogP contribution in [-0.4, -0.2) is 13.1 Å². The first-order chi connectivity index (χ1) is 6.40. The minimum Gasteiger partial charge on any atom is -0.317 e. The molecule has 2 bridgehead atoms. The lowest BCUT2D eigenvalue weighted by Gasteiger charge is -2.17. The predicted molar refractivity (Wildman–Crippen MR) is 60.8 cm³/mol. The maximum absolute atomic E-state index is 3.44. The van der Waals surface area contributed by atoms with E-state index >= 15 is 0 Å². The molecule has 0 saturated heterocycles. The first-order valence-corrected chi connectivity index (χ1v) is 5.79. The highest BCUT2D eigenvalue weighted by Crippen LogP contribution is 2.42.